The number of aryl methyl sites for hydroxylation is 1. The van der Waals surface area contributed by atoms with E-state index in [0.29, 0.717) is 55.6 Å². The third-order valence-corrected chi connectivity index (χ3v) is 8.47. The van der Waals surface area contributed by atoms with Gasteiger partial charge in [-0.15, -0.1) is 0 Å². The van der Waals surface area contributed by atoms with Gasteiger partial charge in [-0.1, -0.05) is 6.07 Å². The molecule has 6 nitrogen and oxygen atoms in total. The van der Waals surface area contributed by atoms with Crippen molar-refractivity contribution in [1.29, 1.82) is 0 Å². The van der Waals surface area contributed by atoms with E-state index in [1.807, 2.05) is 0 Å². The van der Waals surface area contributed by atoms with Crippen molar-refractivity contribution in [3.63, 3.8) is 0 Å². The highest BCUT2D eigenvalue weighted by Gasteiger charge is 2.41. The molecule has 2 heterocycles. The fraction of sp³-hybridized carbons (Fsp3) is 0.517. The molecule has 1 N–H and O–H groups in total. The Morgan fingerprint density at radius 1 is 0.976 bits per heavy atom. The Kier molecular flexibility index (Phi) is 8.82. The van der Waals surface area contributed by atoms with Crippen LogP contribution >= 0.6 is 0 Å². The summed E-state index contributed by atoms with van der Waals surface area (Å²) in [5.41, 5.74) is -2.03. The van der Waals surface area contributed by atoms with Gasteiger partial charge in [0.1, 0.15) is 5.82 Å². The molecule has 2 amide bonds. The minimum atomic E-state index is -5.03. The predicted octanol–water partition coefficient (Wildman–Crippen LogP) is 6.90. The maximum atomic E-state index is 14.0. The molecule has 4 rings (SSSR count). The van der Waals surface area contributed by atoms with Gasteiger partial charge in [-0.05, 0) is 86.7 Å². The number of likely N-dealkylation sites (tertiary alicyclic amines) is 2. The number of urea groups is 1. The van der Waals surface area contributed by atoms with Gasteiger partial charge < -0.3 is 14.9 Å². The molecule has 2 saturated heterocycles. The zero-order valence-electron chi connectivity index (χ0n) is 23.3. The summed E-state index contributed by atoms with van der Waals surface area (Å²) in [6, 6.07) is 3.01. The number of carbonyl (C=O) groups is 2. The fourth-order valence-electron chi connectivity index (χ4n) is 5.95. The average Bonchev–Trinajstić information content (AvgIpc) is 3.41. The van der Waals surface area contributed by atoms with E-state index in [1.54, 1.807) is 13.0 Å². The topological polar surface area (TPSA) is 64.1 Å². The van der Waals surface area contributed by atoms with Gasteiger partial charge in [0.05, 0.1) is 29.1 Å². The number of aliphatic carboxylic acids is 1. The summed E-state index contributed by atoms with van der Waals surface area (Å²) in [6.07, 6.45) is -8.68. The lowest BCUT2D eigenvalue weighted by molar-refractivity contribution is -0.143. The van der Waals surface area contributed by atoms with Crippen LogP contribution in [0.3, 0.4) is 0 Å². The number of carboxylic acids is 1. The van der Waals surface area contributed by atoms with E-state index >= 15 is 0 Å². The molecule has 13 heteroatoms. The number of benzene rings is 2. The minimum Gasteiger partial charge on any atom is -0.481 e. The Bertz CT molecular complexity index is 1300. The number of rotatable bonds is 5. The summed E-state index contributed by atoms with van der Waals surface area (Å²) < 4.78 is 94.8. The largest absolute Gasteiger partial charge is 0.481 e. The summed E-state index contributed by atoms with van der Waals surface area (Å²) in [5.74, 6) is -1.85. The lowest BCUT2D eigenvalue weighted by Gasteiger charge is -2.45. The second-order valence-electron chi connectivity index (χ2n) is 11.1. The molecule has 2 aliphatic heterocycles. The van der Waals surface area contributed by atoms with Crippen molar-refractivity contribution in [2.75, 3.05) is 26.7 Å². The van der Waals surface area contributed by atoms with Crippen molar-refractivity contribution in [2.45, 2.75) is 63.6 Å². The quantitative estimate of drug-likeness (QED) is 0.378. The van der Waals surface area contributed by atoms with Gasteiger partial charge in [-0.2, -0.15) is 26.3 Å². The van der Waals surface area contributed by atoms with Crippen LogP contribution in [0.1, 0.15) is 66.1 Å². The van der Waals surface area contributed by atoms with Gasteiger partial charge in [-0.3, -0.25) is 9.69 Å². The van der Waals surface area contributed by atoms with Crippen LogP contribution in [0, 0.1) is 18.7 Å². The number of alkyl halides is 6. The molecule has 4 unspecified atom stereocenters. The summed E-state index contributed by atoms with van der Waals surface area (Å²) in [4.78, 5) is 30.0. The van der Waals surface area contributed by atoms with Crippen LogP contribution < -0.4 is 0 Å². The standard InChI is InChI=1S/C29H32F7N3O3/c1-16-10-22(30)4-5-24(16)25-14-23(38-8-6-18(15-38)26(40)41)7-9-39(25)27(42)37(3)17(2)19-11-20(28(31,32)33)13-21(12-19)29(34,35)36/h4-5,10-13,17-18,23,25H,6-9,14-15H2,1-3H3,(H,40,41). The molecule has 0 saturated carbocycles. The van der Waals surface area contributed by atoms with Crippen LogP contribution in [0.25, 0.3) is 0 Å². The first-order chi connectivity index (χ1) is 19.5. The Balaban J connectivity index is 1.64. The summed E-state index contributed by atoms with van der Waals surface area (Å²) in [7, 11) is 1.32. The van der Waals surface area contributed by atoms with Crippen molar-refractivity contribution in [3.05, 3.63) is 70.0 Å². The summed E-state index contributed by atoms with van der Waals surface area (Å²) in [5, 5.41) is 9.42. The molecular weight excluding hydrogens is 571 g/mol. The Morgan fingerprint density at radius 3 is 2.12 bits per heavy atom. The molecule has 0 bridgehead atoms. The molecule has 230 valence electrons. The van der Waals surface area contributed by atoms with Gasteiger partial charge in [-0.25, -0.2) is 9.18 Å². The number of halogens is 7. The van der Waals surface area contributed by atoms with E-state index in [-0.39, 0.29) is 24.2 Å². The van der Waals surface area contributed by atoms with E-state index in [4.69, 9.17) is 0 Å². The molecule has 2 aromatic carbocycles. The third kappa shape index (κ3) is 6.66. The molecule has 42 heavy (non-hydrogen) atoms. The third-order valence-electron chi connectivity index (χ3n) is 8.47. The molecule has 0 spiro atoms. The number of nitrogens with zero attached hydrogens (tertiary/aromatic N) is 3. The van der Waals surface area contributed by atoms with Crippen LogP contribution in [0.2, 0.25) is 0 Å². The molecule has 2 fully saturated rings. The molecule has 0 aliphatic carbocycles. The fourth-order valence-corrected chi connectivity index (χ4v) is 5.95. The van der Waals surface area contributed by atoms with Crippen molar-refractivity contribution in [2.24, 2.45) is 5.92 Å². The van der Waals surface area contributed by atoms with E-state index in [2.05, 4.69) is 4.90 Å². The Hall–Kier alpha value is -3.35. The monoisotopic (exact) mass is 603 g/mol. The summed E-state index contributed by atoms with van der Waals surface area (Å²) >= 11 is 0. The van der Waals surface area contributed by atoms with Gasteiger partial charge >= 0.3 is 24.4 Å². The molecule has 0 radical (unpaired) electrons. The molecule has 0 aromatic heterocycles. The van der Waals surface area contributed by atoms with Gasteiger partial charge in [0, 0.05) is 26.2 Å². The van der Waals surface area contributed by atoms with E-state index in [0.717, 1.165) is 4.90 Å². The number of carbonyl (C=O) groups excluding carboxylic acids is 1. The second-order valence-corrected chi connectivity index (χ2v) is 11.1. The maximum Gasteiger partial charge on any atom is 0.416 e. The predicted molar refractivity (Wildman–Crippen MR) is 139 cm³/mol. The summed E-state index contributed by atoms with van der Waals surface area (Å²) in [6.45, 7) is 4.17. The van der Waals surface area contributed by atoms with Crippen molar-refractivity contribution in [3.8, 4) is 0 Å². The van der Waals surface area contributed by atoms with Gasteiger partial charge in [0.2, 0.25) is 0 Å². The molecule has 2 aromatic rings. The number of carboxylic acid groups (broad SMARTS) is 1. The van der Waals surface area contributed by atoms with Crippen molar-refractivity contribution in [1.82, 2.24) is 14.7 Å². The zero-order valence-corrected chi connectivity index (χ0v) is 23.3. The van der Waals surface area contributed by atoms with E-state index in [1.165, 1.54) is 31.0 Å². The normalized spacial score (nSPS) is 22.7. The Morgan fingerprint density at radius 2 is 1.60 bits per heavy atom. The van der Waals surface area contributed by atoms with Crippen LogP contribution in [0.5, 0.6) is 0 Å². The van der Waals surface area contributed by atoms with Gasteiger partial charge in [0.15, 0.2) is 0 Å². The highest BCUT2D eigenvalue weighted by Crippen LogP contribution is 2.40. The Labute approximate surface area is 238 Å². The number of amides is 2. The number of hydrogen-bond donors (Lipinski definition) is 1. The molecular formula is C29H32F7N3O3. The van der Waals surface area contributed by atoms with E-state index in [9.17, 15) is 45.4 Å². The second kappa shape index (κ2) is 11.7. The lowest BCUT2D eigenvalue weighted by Crippen LogP contribution is -2.51. The number of piperidine rings is 1. The van der Waals surface area contributed by atoms with Crippen LogP contribution in [0.15, 0.2) is 36.4 Å². The lowest BCUT2D eigenvalue weighted by atomic mass is 9.88. The average molecular weight is 604 g/mol. The molecule has 2 aliphatic rings. The van der Waals surface area contributed by atoms with Gasteiger partial charge in [0.25, 0.3) is 0 Å². The first-order valence-electron chi connectivity index (χ1n) is 13.5. The SMILES string of the molecule is Cc1cc(F)ccc1C1CC(N2CCC(C(=O)O)C2)CCN1C(=O)N(C)C(C)c1cc(C(F)(F)F)cc(C(F)(F)F)c1. The van der Waals surface area contributed by atoms with Crippen LogP contribution in [-0.4, -0.2) is 64.5 Å². The first kappa shape index (κ1) is 31.6. The van der Waals surface area contributed by atoms with E-state index < -0.39 is 59.3 Å². The first-order valence-corrected chi connectivity index (χ1v) is 13.5. The minimum absolute atomic E-state index is 0.0451. The highest BCUT2D eigenvalue weighted by atomic mass is 19.4. The maximum absolute atomic E-state index is 14.0. The number of hydrogen-bond acceptors (Lipinski definition) is 3. The van der Waals surface area contributed by atoms with Crippen molar-refractivity contribution < 1.29 is 45.4 Å². The molecule has 4 atom stereocenters. The van der Waals surface area contributed by atoms with Crippen molar-refractivity contribution >= 4 is 12.0 Å². The smallest absolute Gasteiger partial charge is 0.416 e. The zero-order chi connectivity index (χ0) is 31.1. The highest BCUT2D eigenvalue weighted by molar-refractivity contribution is 5.75. The van der Waals surface area contributed by atoms with Crippen LogP contribution in [0.4, 0.5) is 35.5 Å². The van der Waals surface area contributed by atoms with Crippen LogP contribution in [-0.2, 0) is 17.1 Å².